The number of nitrogens with two attached hydrogens (primary N) is 1. The van der Waals surface area contributed by atoms with E-state index in [0.29, 0.717) is 10.9 Å². The van der Waals surface area contributed by atoms with Gasteiger partial charge in [0.2, 0.25) is 15.9 Å². The molecule has 0 bridgehead atoms. The fraction of sp³-hybridized carbons (Fsp3) is 0.417. The molecule has 1 amide bonds. The number of carbonyl (C=O) groups excluding carboxylic acids is 1. The Morgan fingerprint density at radius 1 is 1.37 bits per heavy atom. The SMILES string of the molecule is CCCCN(CC(N)=O)S(=O)(=O)c1ccccc1Br. The van der Waals surface area contributed by atoms with Crippen molar-refractivity contribution in [3.05, 3.63) is 28.7 Å². The molecule has 0 saturated heterocycles. The van der Waals surface area contributed by atoms with Crippen LogP contribution in [-0.2, 0) is 14.8 Å². The van der Waals surface area contributed by atoms with Gasteiger partial charge in [-0.25, -0.2) is 8.42 Å². The van der Waals surface area contributed by atoms with Crippen molar-refractivity contribution in [2.24, 2.45) is 5.73 Å². The number of primary amides is 1. The third kappa shape index (κ3) is 4.29. The summed E-state index contributed by atoms with van der Waals surface area (Å²) in [5.41, 5.74) is 5.12. The first-order valence-electron chi connectivity index (χ1n) is 5.92. The summed E-state index contributed by atoms with van der Waals surface area (Å²) in [4.78, 5) is 11.2. The normalized spacial score (nSPS) is 11.7. The van der Waals surface area contributed by atoms with Crippen molar-refractivity contribution in [1.29, 1.82) is 0 Å². The number of rotatable bonds is 7. The number of hydrogen-bond donors (Lipinski definition) is 1. The highest BCUT2D eigenvalue weighted by atomic mass is 79.9. The highest BCUT2D eigenvalue weighted by Gasteiger charge is 2.27. The number of hydrogen-bond acceptors (Lipinski definition) is 3. The fourth-order valence-corrected chi connectivity index (χ4v) is 3.99. The maximum absolute atomic E-state index is 12.5. The molecule has 7 heteroatoms. The maximum atomic E-state index is 12.5. The zero-order chi connectivity index (χ0) is 14.5. The van der Waals surface area contributed by atoms with Gasteiger partial charge in [0.25, 0.3) is 0 Å². The molecule has 0 heterocycles. The Labute approximate surface area is 122 Å². The minimum atomic E-state index is -3.71. The van der Waals surface area contributed by atoms with Gasteiger partial charge >= 0.3 is 0 Å². The molecule has 0 aliphatic carbocycles. The van der Waals surface area contributed by atoms with Gasteiger partial charge in [-0.2, -0.15) is 4.31 Å². The third-order valence-electron chi connectivity index (χ3n) is 2.55. The molecule has 19 heavy (non-hydrogen) atoms. The lowest BCUT2D eigenvalue weighted by atomic mass is 10.3. The molecular formula is C12H17BrN2O3S. The van der Waals surface area contributed by atoms with Gasteiger partial charge in [0.15, 0.2) is 0 Å². The van der Waals surface area contributed by atoms with Crippen LogP contribution in [0, 0.1) is 0 Å². The molecular weight excluding hydrogens is 332 g/mol. The Morgan fingerprint density at radius 3 is 2.53 bits per heavy atom. The molecule has 0 aliphatic rings. The van der Waals surface area contributed by atoms with Gasteiger partial charge < -0.3 is 5.73 Å². The van der Waals surface area contributed by atoms with Crippen LogP contribution in [0.25, 0.3) is 0 Å². The van der Waals surface area contributed by atoms with Crippen molar-refractivity contribution in [2.45, 2.75) is 24.7 Å². The van der Waals surface area contributed by atoms with E-state index in [4.69, 9.17) is 5.73 Å². The van der Waals surface area contributed by atoms with Crippen LogP contribution in [0.15, 0.2) is 33.6 Å². The van der Waals surface area contributed by atoms with E-state index in [1.54, 1.807) is 18.2 Å². The van der Waals surface area contributed by atoms with Gasteiger partial charge in [0, 0.05) is 11.0 Å². The molecule has 0 radical (unpaired) electrons. The average Bonchev–Trinajstić information content (AvgIpc) is 2.34. The Bertz CT molecular complexity index is 546. The quantitative estimate of drug-likeness (QED) is 0.814. The van der Waals surface area contributed by atoms with E-state index in [0.717, 1.165) is 10.7 Å². The van der Waals surface area contributed by atoms with Crippen LogP contribution in [0.1, 0.15) is 19.8 Å². The molecule has 2 N–H and O–H groups in total. The summed E-state index contributed by atoms with van der Waals surface area (Å²) in [6.07, 6.45) is 1.51. The first-order valence-corrected chi connectivity index (χ1v) is 8.16. The molecule has 0 fully saturated rings. The van der Waals surface area contributed by atoms with Crippen LogP contribution < -0.4 is 5.73 Å². The van der Waals surface area contributed by atoms with Crippen molar-refractivity contribution >= 4 is 31.9 Å². The van der Waals surface area contributed by atoms with Gasteiger partial charge in [0.1, 0.15) is 0 Å². The predicted molar refractivity (Wildman–Crippen MR) is 77.0 cm³/mol. The minimum absolute atomic E-state index is 0.146. The summed E-state index contributed by atoms with van der Waals surface area (Å²) in [6, 6.07) is 6.52. The van der Waals surface area contributed by atoms with E-state index in [1.165, 1.54) is 6.07 Å². The lowest BCUT2D eigenvalue weighted by Gasteiger charge is -2.21. The topological polar surface area (TPSA) is 80.5 Å². The van der Waals surface area contributed by atoms with E-state index in [1.807, 2.05) is 6.92 Å². The lowest BCUT2D eigenvalue weighted by Crippen LogP contribution is -2.39. The zero-order valence-corrected chi connectivity index (χ0v) is 13.1. The highest BCUT2D eigenvalue weighted by Crippen LogP contribution is 2.24. The fourth-order valence-electron chi connectivity index (χ4n) is 1.59. The molecule has 0 aliphatic heterocycles. The van der Waals surface area contributed by atoms with Gasteiger partial charge in [-0.15, -0.1) is 0 Å². The van der Waals surface area contributed by atoms with E-state index in [2.05, 4.69) is 15.9 Å². The number of unbranched alkanes of at least 4 members (excludes halogenated alkanes) is 1. The molecule has 106 valence electrons. The molecule has 0 spiro atoms. The lowest BCUT2D eigenvalue weighted by molar-refractivity contribution is -0.118. The maximum Gasteiger partial charge on any atom is 0.244 e. The summed E-state index contributed by atoms with van der Waals surface area (Å²) in [5, 5.41) is 0. The smallest absolute Gasteiger partial charge is 0.244 e. The number of nitrogens with zero attached hydrogens (tertiary/aromatic N) is 1. The molecule has 0 atom stereocenters. The number of halogens is 1. The second kappa shape index (κ2) is 7.02. The molecule has 5 nitrogen and oxygen atoms in total. The Hall–Kier alpha value is -0.920. The number of amides is 1. The van der Waals surface area contributed by atoms with Crippen LogP contribution in [0.5, 0.6) is 0 Å². The Morgan fingerprint density at radius 2 is 2.00 bits per heavy atom. The molecule has 1 aromatic carbocycles. The second-order valence-corrected chi connectivity index (χ2v) is 6.85. The summed E-state index contributed by atoms with van der Waals surface area (Å²) in [6.45, 7) is 1.93. The molecule has 1 aromatic rings. The average molecular weight is 349 g/mol. The summed E-state index contributed by atoms with van der Waals surface area (Å²) in [7, 11) is -3.71. The number of benzene rings is 1. The van der Waals surface area contributed by atoms with Crippen molar-refractivity contribution in [2.75, 3.05) is 13.1 Å². The summed E-state index contributed by atoms with van der Waals surface area (Å²) >= 11 is 3.21. The van der Waals surface area contributed by atoms with E-state index < -0.39 is 15.9 Å². The Balaban J connectivity index is 3.12. The predicted octanol–water partition coefficient (Wildman–Crippen LogP) is 1.73. The van der Waals surface area contributed by atoms with Gasteiger partial charge in [-0.05, 0) is 34.5 Å². The molecule has 0 saturated carbocycles. The number of carbonyl (C=O) groups is 1. The first kappa shape index (κ1) is 16.1. The standard InChI is InChI=1S/C12H17BrN2O3S/c1-2-3-8-15(9-12(14)16)19(17,18)11-7-5-4-6-10(11)13/h4-7H,2-3,8-9H2,1H3,(H2,14,16). The van der Waals surface area contributed by atoms with Crippen LogP contribution >= 0.6 is 15.9 Å². The van der Waals surface area contributed by atoms with Gasteiger partial charge in [-0.1, -0.05) is 25.5 Å². The second-order valence-electron chi connectivity index (χ2n) is 4.09. The molecule has 1 rings (SSSR count). The van der Waals surface area contributed by atoms with E-state index >= 15 is 0 Å². The van der Waals surface area contributed by atoms with Crippen molar-refractivity contribution in [3.8, 4) is 0 Å². The van der Waals surface area contributed by atoms with Gasteiger partial charge in [0.05, 0.1) is 11.4 Å². The first-order chi connectivity index (χ1) is 8.89. The monoisotopic (exact) mass is 348 g/mol. The highest BCUT2D eigenvalue weighted by molar-refractivity contribution is 9.10. The molecule has 0 aromatic heterocycles. The van der Waals surface area contributed by atoms with Crippen LogP contribution in [0.2, 0.25) is 0 Å². The van der Waals surface area contributed by atoms with Crippen LogP contribution in [-0.4, -0.2) is 31.7 Å². The minimum Gasteiger partial charge on any atom is -0.369 e. The Kier molecular flexibility index (Phi) is 5.96. The largest absolute Gasteiger partial charge is 0.369 e. The van der Waals surface area contributed by atoms with Crippen molar-refractivity contribution in [3.63, 3.8) is 0 Å². The van der Waals surface area contributed by atoms with Crippen LogP contribution in [0.4, 0.5) is 0 Å². The van der Waals surface area contributed by atoms with E-state index in [-0.39, 0.29) is 18.0 Å². The van der Waals surface area contributed by atoms with E-state index in [9.17, 15) is 13.2 Å². The van der Waals surface area contributed by atoms with Crippen LogP contribution in [0.3, 0.4) is 0 Å². The zero-order valence-electron chi connectivity index (χ0n) is 10.7. The summed E-state index contributed by atoms with van der Waals surface area (Å²) in [5.74, 6) is -0.660. The number of sulfonamides is 1. The van der Waals surface area contributed by atoms with Crippen molar-refractivity contribution in [1.82, 2.24) is 4.31 Å². The third-order valence-corrected chi connectivity index (χ3v) is 5.41. The molecule has 0 unspecified atom stereocenters. The van der Waals surface area contributed by atoms with Gasteiger partial charge in [-0.3, -0.25) is 4.79 Å². The van der Waals surface area contributed by atoms with Crippen molar-refractivity contribution < 1.29 is 13.2 Å². The summed E-state index contributed by atoms with van der Waals surface area (Å²) < 4.78 is 26.6.